The number of rotatable bonds is 7. The SMILES string of the molecule is CCCCN(C)C(=NC)NCCOc1cccnc1.I. The Bertz CT molecular complexity index is 373. The van der Waals surface area contributed by atoms with Crippen LogP contribution in [0.2, 0.25) is 0 Å². The molecule has 114 valence electrons. The number of aromatic nitrogens is 1. The van der Waals surface area contributed by atoms with E-state index in [9.17, 15) is 0 Å². The topological polar surface area (TPSA) is 49.8 Å². The fourth-order valence-electron chi connectivity index (χ4n) is 1.65. The molecule has 1 heterocycles. The van der Waals surface area contributed by atoms with E-state index in [4.69, 9.17) is 4.74 Å². The minimum atomic E-state index is 0. The Kier molecular flexibility index (Phi) is 11.1. The summed E-state index contributed by atoms with van der Waals surface area (Å²) in [6.07, 6.45) is 5.80. The van der Waals surface area contributed by atoms with Gasteiger partial charge in [-0.25, -0.2) is 0 Å². The van der Waals surface area contributed by atoms with Crippen LogP contribution in [0.25, 0.3) is 0 Å². The molecule has 0 spiro atoms. The lowest BCUT2D eigenvalue weighted by Gasteiger charge is -2.21. The largest absolute Gasteiger partial charge is 0.490 e. The number of unbranched alkanes of at least 4 members (excludes halogenated alkanes) is 1. The van der Waals surface area contributed by atoms with Crippen molar-refractivity contribution in [2.24, 2.45) is 4.99 Å². The van der Waals surface area contributed by atoms with E-state index in [1.807, 2.05) is 19.2 Å². The number of halogens is 1. The number of hydrogen-bond acceptors (Lipinski definition) is 3. The molecule has 1 rings (SSSR count). The molecule has 0 aliphatic carbocycles. The minimum Gasteiger partial charge on any atom is -0.490 e. The van der Waals surface area contributed by atoms with Crippen molar-refractivity contribution in [3.8, 4) is 5.75 Å². The highest BCUT2D eigenvalue weighted by Crippen LogP contribution is 2.04. The summed E-state index contributed by atoms with van der Waals surface area (Å²) >= 11 is 0. The predicted molar refractivity (Wildman–Crippen MR) is 94.0 cm³/mol. The van der Waals surface area contributed by atoms with Crippen LogP contribution >= 0.6 is 24.0 Å². The normalized spacial score (nSPS) is 10.7. The standard InChI is InChI=1S/C14H24N4O.HI/c1-4-5-10-18(3)14(15-2)17-9-11-19-13-7-6-8-16-12-13;/h6-8,12H,4-5,9-11H2,1-3H3,(H,15,17);1H. The number of guanidine groups is 1. The van der Waals surface area contributed by atoms with Gasteiger partial charge in [-0.05, 0) is 18.6 Å². The zero-order valence-electron chi connectivity index (χ0n) is 12.5. The molecule has 0 amide bonds. The van der Waals surface area contributed by atoms with Crippen LogP contribution in [0.1, 0.15) is 19.8 Å². The fraction of sp³-hybridized carbons (Fsp3) is 0.571. The van der Waals surface area contributed by atoms with Gasteiger partial charge in [0.2, 0.25) is 0 Å². The van der Waals surface area contributed by atoms with E-state index in [0.717, 1.165) is 24.8 Å². The van der Waals surface area contributed by atoms with E-state index >= 15 is 0 Å². The maximum absolute atomic E-state index is 5.56. The van der Waals surface area contributed by atoms with E-state index in [1.54, 1.807) is 19.4 Å². The zero-order valence-corrected chi connectivity index (χ0v) is 14.8. The molecule has 0 bridgehead atoms. The Hall–Kier alpha value is -1.05. The minimum absolute atomic E-state index is 0. The predicted octanol–water partition coefficient (Wildman–Crippen LogP) is 2.39. The Balaban J connectivity index is 0.00000361. The number of aliphatic imine (C=N–C) groups is 1. The number of nitrogens with one attached hydrogen (secondary N) is 1. The molecule has 0 aliphatic heterocycles. The molecule has 0 aliphatic rings. The lowest BCUT2D eigenvalue weighted by molar-refractivity contribution is 0.318. The van der Waals surface area contributed by atoms with E-state index in [1.165, 1.54) is 12.8 Å². The second-order valence-corrected chi connectivity index (χ2v) is 4.29. The molecule has 0 aromatic carbocycles. The van der Waals surface area contributed by atoms with Crippen LogP contribution < -0.4 is 10.1 Å². The lowest BCUT2D eigenvalue weighted by atomic mass is 10.3. The van der Waals surface area contributed by atoms with Crippen LogP contribution in [0.3, 0.4) is 0 Å². The van der Waals surface area contributed by atoms with E-state index < -0.39 is 0 Å². The molecular formula is C14H25IN4O. The quantitative estimate of drug-likeness (QED) is 0.335. The van der Waals surface area contributed by atoms with Crippen molar-refractivity contribution in [2.45, 2.75) is 19.8 Å². The maximum atomic E-state index is 5.56. The van der Waals surface area contributed by atoms with Crippen molar-refractivity contribution in [2.75, 3.05) is 33.8 Å². The molecule has 20 heavy (non-hydrogen) atoms. The van der Waals surface area contributed by atoms with Gasteiger partial charge in [0.25, 0.3) is 0 Å². The first-order valence-electron chi connectivity index (χ1n) is 6.72. The van der Waals surface area contributed by atoms with Crippen LogP contribution in [-0.2, 0) is 0 Å². The molecule has 0 saturated carbocycles. The van der Waals surface area contributed by atoms with E-state index in [2.05, 4.69) is 27.1 Å². The van der Waals surface area contributed by atoms with Crippen molar-refractivity contribution in [1.29, 1.82) is 0 Å². The molecule has 1 N–H and O–H groups in total. The Morgan fingerprint density at radius 2 is 2.30 bits per heavy atom. The zero-order chi connectivity index (χ0) is 13.9. The molecule has 6 heteroatoms. The second-order valence-electron chi connectivity index (χ2n) is 4.29. The van der Waals surface area contributed by atoms with E-state index in [0.29, 0.717) is 6.61 Å². The number of ether oxygens (including phenoxy) is 1. The van der Waals surface area contributed by atoms with Crippen molar-refractivity contribution >= 4 is 29.9 Å². The summed E-state index contributed by atoms with van der Waals surface area (Å²) in [7, 11) is 3.85. The van der Waals surface area contributed by atoms with Gasteiger partial charge in [-0.1, -0.05) is 13.3 Å². The van der Waals surface area contributed by atoms with Gasteiger partial charge >= 0.3 is 0 Å². The van der Waals surface area contributed by atoms with Gasteiger partial charge in [0.05, 0.1) is 12.7 Å². The van der Waals surface area contributed by atoms with Crippen LogP contribution in [0, 0.1) is 0 Å². The Labute approximate surface area is 138 Å². The first-order valence-corrected chi connectivity index (χ1v) is 6.72. The van der Waals surface area contributed by atoms with Crippen LogP contribution in [-0.4, -0.2) is 49.6 Å². The van der Waals surface area contributed by atoms with Gasteiger partial charge in [-0.3, -0.25) is 9.98 Å². The molecule has 0 unspecified atom stereocenters. The van der Waals surface area contributed by atoms with Crippen LogP contribution in [0.15, 0.2) is 29.5 Å². The third-order valence-corrected chi connectivity index (χ3v) is 2.71. The van der Waals surface area contributed by atoms with Gasteiger partial charge in [0.1, 0.15) is 12.4 Å². The number of hydrogen-bond donors (Lipinski definition) is 1. The average molecular weight is 392 g/mol. The van der Waals surface area contributed by atoms with Crippen molar-refractivity contribution in [3.63, 3.8) is 0 Å². The van der Waals surface area contributed by atoms with Crippen molar-refractivity contribution < 1.29 is 4.74 Å². The summed E-state index contributed by atoms with van der Waals surface area (Å²) in [4.78, 5) is 10.4. The Morgan fingerprint density at radius 1 is 1.50 bits per heavy atom. The number of pyridine rings is 1. The smallest absolute Gasteiger partial charge is 0.193 e. The lowest BCUT2D eigenvalue weighted by Crippen LogP contribution is -2.41. The Morgan fingerprint density at radius 3 is 2.90 bits per heavy atom. The summed E-state index contributed by atoms with van der Waals surface area (Å²) in [6.45, 7) is 4.51. The first-order chi connectivity index (χ1) is 9.27. The van der Waals surface area contributed by atoms with Gasteiger partial charge < -0.3 is 15.0 Å². The van der Waals surface area contributed by atoms with Crippen molar-refractivity contribution in [3.05, 3.63) is 24.5 Å². The van der Waals surface area contributed by atoms with Crippen LogP contribution in [0.5, 0.6) is 5.75 Å². The molecular weight excluding hydrogens is 367 g/mol. The maximum Gasteiger partial charge on any atom is 0.193 e. The van der Waals surface area contributed by atoms with Crippen molar-refractivity contribution in [1.82, 2.24) is 15.2 Å². The monoisotopic (exact) mass is 392 g/mol. The third-order valence-electron chi connectivity index (χ3n) is 2.71. The molecule has 0 saturated heterocycles. The molecule has 1 aromatic heterocycles. The summed E-state index contributed by atoms with van der Waals surface area (Å²) < 4.78 is 5.56. The first kappa shape index (κ1) is 18.9. The van der Waals surface area contributed by atoms with Gasteiger partial charge in [0.15, 0.2) is 5.96 Å². The highest BCUT2D eigenvalue weighted by molar-refractivity contribution is 14.0. The van der Waals surface area contributed by atoms with Gasteiger partial charge in [-0.2, -0.15) is 0 Å². The van der Waals surface area contributed by atoms with Gasteiger partial charge in [0, 0.05) is 26.8 Å². The molecule has 5 nitrogen and oxygen atoms in total. The van der Waals surface area contributed by atoms with Crippen LogP contribution in [0.4, 0.5) is 0 Å². The second kappa shape index (κ2) is 11.7. The molecule has 0 radical (unpaired) electrons. The fourth-order valence-corrected chi connectivity index (χ4v) is 1.65. The summed E-state index contributed by atoms with van der Waals surface area (Å²) in [5.74, 6) is 1.70. The van der Waals surface area contributed by atoms with E-state index in [-0.39, 0.29) is 24.0 Å². The third kappa shape index (κ3) is 7.52. The highest BCUT2D eigenvalue weighted by atomic mass is 127. The average Bonchev–Trinajstić information content (AvgIpc) is 2.46. The summed E-state index contributed by atoms with van der Waals surface area (Å²) in [5, 5.41) is 3.28. The summed E-state index contributed by atoms with van der Waals surface area (Å²) in [5.41, 5.74) is 0. The highest BCUT2D eigenvalue weighted by Gasteiger charge is 2.03. The molecule has 0 atom stereocenters. The molecule has 1 aromatic rings. The molecule has 0 fully saturated rings. The number of nitrogens with zero attached hydrogens (tertiary/aromatic N) is 3. The van der Waals surface area contributed by atoms with Gasteiger partial charge in [-0.15, -0.1) is 24.0 Å². The summed E-state index contributed by atoms with van der Waals surface area (Å²) in [6, 6.07) is 3.76.